The molecule has 0 saturated carbocycles. The lowest BCUT2D eigenvalue weighted by Crippen LogP contribution is -2.19. The Labute approximate surface area is 164 Å². The van der Waals surface area contributed by atoms with Gasteiger partial charge in [-0.15, -0.1) is 0 Å². The van der Waals surface area contributed by atoms with Crippen molar-refractivity contribution < 1.29 is 9.47 Å². The molecule has 0 aliphatic rings. The topological polar surface area (TPSA) is 18.5 Å². The maximum Gasteiger partial charge on any atom is 0.122 e. The molecule has 27 heavy (non-hydrogen) atoms. The summed E-state index contributed by atoms with van der Waals surface area (Å²) in [5, 5.41) is 0. The fourth-order valence-corrected chi connectivity index (χ4v) is 2.97. The zero-order valence-electron chi connectivity index (χ0n) is 17.6. The van der Waals surface area contributed by atoms with Gasteiger partial charge in [0, 0.05) is 5.41 Å². The highest BCUT2D eigenvalue weighted by atomic mass is 16.5. The molecule has 0 amide bonds. The van der Waals surface area contributed by atoms with Gasteiger partial charge in [0.15, 0.2) is 0 Å². The van der Waals surface area contributed by atoms with Crippen LogP contribution >= 0.6 is 0 Å². The van der Waals surface area contributed by atoms with E-state index in [1.54, 1.807) is 0 Å². The molecule has 2 aromatic carbocycles. The van der Waals surface area contributed by atoms with Crippen molar-refractivity contribution in [3.05, 3.63) is 83.0 Å². The van der Waals surface area contributed by atoms with E-state index in [1.807, 2.05) is 13.8 Å². The summed E-state index contributed by atoms with van der Waals surface area (Å²) >= 11 is 0. The van der Waals surface area contributed by atoms with Crippen LogP contribution in [0.15, 0.2) is 60.7 Å². The number of hydrogen-bond donors (Lipinski definition) is 0. The minimum absolute atomic E-state index is 0.116. The predicted molar refractivity (Wildman–Crippen MR) is 115 cm³/mol. The van der Waals surface area contributed by atoms with Crippen molar-refractivity contribution in [3.8, 4) is 11.5 Å². The fraction of sp³-hybridized carbons (Fsp3) is 0.360. The predicted octanol–water partition coefficient (Wildman–Crippen LogP) is 6.54. The molecule has 2 rings (SSSR count). The Hall–Kier alpha value is -2.48. The average molecular weight is 365 g/mol. The molecule has 0 aliphatic heterocycles. The summed E-state index contributed by atoms with van der Waals surface area (Å²) in [6, 6.07) is 12.9. The summed E-state index contributed by atoms with van der Waals surface area (Å²) in [5.74, 6) is 1.83. The van der Waals surface area contributed by atoms with Gasteiger partial charge in [0.1, 0.15) is 24.7 Å². The van der Waals surface area contributed by atoms with E-state index < -0.39 is 0 Å². The third kappa shape index (κ3) is 5.26. The maximum atomic E-state index is 5.83. The Kier molecular flexibility index (Phi) is 6.54. The first-order valence-corrected chi connectivity index (χ1v) is 9.38. The van der Waals surface area contributed by atoms with Gasteiger partial charge >= 0.3 is 0 Å². The van der Waals surface area contributed by atoms with Gasteiger partial charge in [-0.3, -0.25) is 0 Å². The van der Waals surface area contributed by atoms with Crippen LogP contribution in [0.25, 0.3) is 0 Å². The highest BCUT2D eigenvalue weighted by Gasteiger charge is 2.24. The third-order valence-corrected chi connectivity index (χ3v) is 4.74. The zero-order valence-corrected chi connectivity index (χ0v) is 17.6. The summed E-state index contributed by atoms with van der Waals surface area (Å²) in [6.07, 6.45) is 0. The van der Waals surface area contributed by atoms with Crippen LogP contribution in [0, 0.1) is 13.8 Å². The maximum absolute atomic E-state index is 5.83. The van der Waals surface area contributed by atoms with Crippen molar-refractivity contribution in [1.29, 1.82) is 0 Å². The van der Waals surface area contributed by atoms with E-state index in [-0.39, 0.29) is 5.41 Å². The third-order valence-electron chi connectivity index (χ3n) is 4.74. The smallest absolute Gasteiger partial charge is 0.122 e. The molecule has 0 spiro atoms. The molecule has 2 heteroatoms. The zero-order chi connectivity index (χ0) is 20.2. The van der Waals surface area contributed by atoms with E-state index in [1.165, 1.54) is 11.1 Å². The standard InChI is InChI=1S/C25H32O2/c1-17(2)15-26-23-11-9-21(13-19(23)5)25(7,8)22-10-12-24(20(6)14-22)27-16-18(3)4/h9-14H,1,3,15-16H2,2,4-8H3. The average Bonchev–Trinajstić information content (AvgIpc) is 2.59. The lowest BCUT2D eigenvalue weighted by Gasteiger charge is -2.28. The van der Waals surface area contributed by atoms with Crippen LogP contribution in [0.3, 0.4) is 0 Å². The molecule has 2 aromatic rings. The fourth-order valence-electron chi connectivity index (χ4n) is 2.97. The monoisotopic (exact) mass is 364 g/mol. The molecule has 0 radical (unpaired) electrons. The number of rotatable bonds is 8. The minimum Gasteiger partial charge on any atom is -0.489 e. The van der Waals surface area contributed by atoms with Gasteiger partial charge in [-0.05, 0) is 73.2 Å². The van der Waals surface area contributed by atoms with E-state index in [4.69, 9.17) is 9.47 Å². The lowest BCUT2D eigenvalue weighted by atomic mass is 9.77. The molecule has 0 atom stereocenters. The van der Waals surface area contributed by atoms with Crippen LogP contribution in [-0.4, -0.2) is 13.2 Å². The Balaban J connectivity index is 2.27. The highest BCUT2D eigenvalue weighted by Crippen LogP contribution is 2.36. The Bertz CT molecular complexity index is 774. The van der Waals surface area contributed by atoms with Crippen LogP contribution < -0.4 is 9.47 Å². The van der Waals surface area contributed by atoms with E-state index in [0.717, 1.165) is 33.8 Å². The second-order valence-electron chi connectivity index (χ2n) is 8.08. The molecule has 0 N–H and O–H groups in total. The van der Waals surface area contributed by atoms with Gasteiger partial charge in [-0.2, -0.15) is 0 Å². The number of hydrogen-bond acceptors (Lipinski definition) is 2. The van der Waals surface area contributed by atoms with Crippen LogP contribution in [0.4, 0.5) is 0 Å². The van der Waals surface area contributed by atoms with Gasteiger partial charge in [-0.1, -0.05) is 51.3 Å². The molecular weight excluding hydrogens is 332 g/mol. The van der Waals surface area contributed by atoms with Gasteiger partial charge in [0.25, 0.3) is 0 Å². The first-order valence-electron chi connectivity index (χ1n) is 9.38. The molecular formula is C25H32O2. The second kappa shape index (κ2) is 8.47. The molecule has 0 unspecified atom stereocenters. The molecule has 0 aliphatic carbocycles. The van der Waals surface area contributed by atoms with Crippen molar-refractivity contribution in [2.75, 3.05) is 13.2 Å². The lowest BCUT2D eigenvalue weighted by molar-refractivity contribution is 0.349. The Morgan fingerprint density at radius 2 is 1.15 bits per heavy atom. The van der Waals surface area contributed by atoms with Crippen molar-refractivity contribution in [2.24, 2.45) is 0 Å². The Morgan fingerprint density at radius 3 is 1.44 bits per heavy atom. The molecule has 2 nitrogen and oxygen atoms in total. The molecule has 0 bridgehead atoms. The van der Waals surface area contributed by atoms with Gasteiger partial charge < -0.3 is 9.47 Å². The van der Waals surface area contributed by atoms with Crippen LogP contribution in [0.1, 0.15) is 49.9 Å². The summed E-state index contributed by atoms with van der Waals surface area (Å²) in [4.78, 5) is 0. The van der Waals surface area contributed by atoms with Crippen LogP contribution in [0.2, 0.25) is 0 Å². The van der Waals surface area contributed by atoms with Crippen molar-refractivity contribution >= 4 is 0 Å². The van der Waals surface area contributed by atoms with E-state index in [0.29, 0.717) is 13.2 Å². The summed E-state index contributed by atoms with van der Waals surface area (Å²) < 4.78 is 11.7. The molecule has 144 valence electrons. The first kappa shape index (κ1) is 20.8. The largest absolute Gasteiger partial charge is 0.489 e. The first-order chi connectivity index (χ1) is 12.6. The quantitative estimate of drug-likeness (QED) is 0.495. The van der Waals surface area contributed by atoms with Gasteiger partial charge in [0.2, 0.25) is 0 Å². The van der Waals surface area contributed by atoms with Crippen molar-refractivity contribution in [2.45, 2.75) is 47.0 Å². The summed E-state index contributed by atoms with van der Waals surface area (Å²) in [5.41, 5.74) is 6.72. The molecule has 0 aromatic heterocycles. The van der Waals surface area contributed by atoms with Crippen molar-refractivity contribution in [3.63, 3.8) is 0 Å². The second-order valence-corrected chi connectivity index (χ2v) is 8.08. The Morgan fingerprint density at radius 1 is 0.778 bits per heavy atom. The normalized spacial score (nSPS) is 11.2. The van der Waals surface area contributed by atoms with Crippen LogP contribution in [-0.2, 0) is 5.41 Å². The minimum atomic E-state index is -0.116. The highest BCUT2D eigenvalue weighted by molar-refractivity contribution is 5.47. The molecule has 0 saturated heterocycles. The van der Waals surface area contributed by atoms with E-state index in [2.05, 4.69) is 77.3 Å². The van der Waals surface area contributed by atoms with E-state index >= 15 is 0 Å². The number of benzene rings is 2. The number of ether oxygens (including phenoxy) is 2. The summed E-state index contributed by atoms with van der Waals surface area (Å²) in [7, 11) is 0. The van der Waals surface area contributed by atoms with Gasteiger partial charge in [0.05, 0.1) is 0 Å². The number of aryl methyl sites for hydroxylation is 2. The van der Waals surface area contributed by atoms with Gasteiger partial charge in [-0.25, -0.2) is 0 Å². The SMILES string of the molecule is C=C(C)COc1ccc(C(C)(C)c2ccc(OCC(=C)C)c(C)c2)cc1C. The molecule has 0 heterocycles. The summed E-state index contributed by atoms with van der Waals surface area (Å²) in [6.45, 7) is 21.5. The van der Waals surface area contributed by atoms with Crippen LogP contribution in [0.5, 0.6) is 11.5 Å². The molecule has 0 fully saturated rings. The van der Waals surface area contributed by atoms with E-state index in [9.17, 15) is 0 Å². The van der Waals surface area contributed by atoms with Crippen molar-refractivity contribution in [1.82, 2.24) is 0 Å².